The zero-order valence-corrected chi connectivity index (χ0v) is 22.1. The Labute approximate surface area is 222 Å². The molecule has 5 rings (SSSR count). The van der Waals surface area contributed by atoms with Gasteiger partial charge in [0.25, 0.3) is 0 Å². The van der Waals surface area contributed by atoms with Gasteiger partial charge in [0.2, 0.25) is 0 Å². The minimum Gasteiger partial charge on any atom is -0.449 e. The molecule has 1 N–H and O–H groups in total. The number of rotatable bonds is 6. The predicted octanol–water partition coefficient (Wildman–Crippen LogP) is 5.68. The predicted molar refractivity (Wildman–Crippen MR) is 144 cm³/mol. The lowest BCUT2D eigenvalue weighted by Crippen LogP contribution is -2.41. The van der Waals surface area contributed by atoms with E-state index in [-0.39, 0.29) is 19.1 Å². The molecule has 0 bridgehead atoms. The molecule has 2 aliphatic rings. The lowest BCUT2D eigenvalue weighted by atomic mass is 9.77. The summed E-state index contributed by atoms with van der Waals surface area (Å²) >= 11 is 5.89. The number of aromatic nitrogens is 2. The van der Waals surface area contributed by atoms with Crippen molar-refractivity contribution >= 4 is 30.9 Å². The van der Waals surface area contributed by atoms with E-state index < -0.39 is 24.4 Å². The highest BCUT2D eigenvalue weighted by molar-refractivity contribution is 6.56. The van der Waals surface area contributed by atoms with E-state index in [2.05, 4.69) is 39.8 Å². The van der Waals surface area contributed by atoms with Gasteiger partial charge >= 0.3 is 13.2 Å². The monoisotopic (exact) mass is 517 g/mol. The second-order valence-corrected chi connectivity index (χ2v) is 10.7. The van der Waals surface area contributed by atoms with Gasteiger partial charge in [-0.25, -0.2) is 4.79 Å². The number of ether oxygens (including phenoxy) is 1. The number of carbonyl (C=O) groups excluding carboxylic acids is 1. The van der Waals surface area contributed by atoms with Gasteiger partial charge in [-0.05, 0) is 73.6 Å². The Kier molecular flexibility index (Phi) is 6.83. The standard InChI is InChI=1S/C28H29BClN3O4/c1-27(2)28(3,4)37-29(36-27)18(15-19-13-14-25(30)33-32-19)16-31-26(34)35-17-24-22-11-7-5-9-20(22)21-10-6-8-12-23(21)24/h5-15,24H,16-17H2,1-4H3,(H,31,34). The fourth-order valence-electron chi connectivity index (χ4n) is 4.61. The number of hydrogen-bond donors (Lipinski definition) is 1. The molecule has 0 saturated carbocycles. The van der Waals surface area contributed by atoms with Gasteiger partial charge in [-0.3, -0.25) is 0 Å². The SMILES string of the molecule is CC1(C)OB(C(=Cc2ccc(Cl)nn2)CNC(=O)OCC2c3ccccc3-c3ccccc32)OC1(C)C. The summed E-state index contributed by atoms with van der Waals surface area (Å²) in [4.78, 5) is 12.8. The largest absolute Gasteiger partial charge is 0.492 e. The van der Waals surface area contributed by atoms with E-state index in [1.54, 1.807) is 18.2 Å². The fourth-order valence-corrected chi connectivity index (χ4v) is 4.71. The highest BCUT2D eigenvalue weighted by atomic mass is 35.5. The summed E-state index contributed by atoms with van der Waals surface area (Å²) in [6.45, 7) is 8.30. The van der Waals surface area contributed by atoms with Crippen LogP contribution in [0.15, 0.2) is 66.1 Å². The molecule has 9 heteroatoms. The molecular formula is C28H29BClN3O4. The number of nitrogens with zero attached hydrogens (tertiary/aromatic N) is 2. The van der Waals surface area contributed by atoms with Crippen molar-refractivity contribution in [1.82, 2.24) is 15.5 Å². The molecule has 2 heterocycles. The molecule has 1 aromatic heterocycles. The van der Waals surface area contributed by atoms with Crippen LogP contribution in [0.1, 0.15) is 50.4 Å². The van der Waals surface area contributed by atoms with E-state index in [0.29, 0.717) is 16.3 Å². The van der Waals surface area contributed by atoms with Crippen molar-refractivity contribution in [2.45, 2.75) is 44.8 Å². The molecule has 190 valence electrons. The maximum absolute atomic E-state index is 12.8. The Hall–Kier alpha value is -3.20. The fraction of sp³-hybridized carbons (Fsp3) is 0.321. The molecule has 2 aromatic carbocycles. The molecule has 0 radical (unpaired) electrons. The number of fused-ring (bicyclic) bond motifs is 3. The van der Waals surface area contributed by atoms with E-state index in [1.165, 1.54) is 11.1 Å². The smallest absolute Gasteiger partial charge is 0.449 e. The molecular weight excluding hydrogens is 489 g/mol. The van der Waals surface area contributed by atoms with E-state index in [4.69, 9.17) is 25.6 Å². The zero-order valence-electron chi connectivity index (χ0n) is 21.3. The Morgan fingerprint density at radius 3 is 2.14 bits per heavy atom. The van der Waals surface area contributed by atoms with E-state index in [9.17, 15) is 4.79 Å². The van der Waals surface area contributed by atoms with Gasteiger partial charge in [0.05, 0.1) is 16.9 Å². The Balaban J connectivity index is 1.29. The third-order valence-corrected chi connectivity index (χ3v) is 7.52. The number of benzene rings is 2. The van der Waals surface area contributed by atoms with Gasteiger partial charge in [0.15, 0.2) is 5.15 Å². The molecule has 7 nitrogen and oxygen atoms in total. The number of hydrogen-bond acceptors (Lipinski definition) is 6. The van der Waals surface area contributed by atoms with Gasteiger partial charge in [-0.15, -0.1) is 10.2 Å². The number of carbonyl (C=O) groups is 1. The number of alkyl carbamates (subject to hydrolysis) is 1. The average molecular weight is 518 g/mol. The minimum atomic E-state index is -0.670. The molecule has 0 spiro atoms. The van der Waals surface area contributed by atoms with Crippen molar-refractivity contribution in [2.75, 3.05) is 13.2 Å². The first-order valence-corrected chi connectivity index (χ1v) is 12.7. The van der Waals surface area contributed by atoms with E-state index in [1.807, 2.05) is 52.0 Å². The van der Waals surface area contributed by atoms with Gasteiger partial charge in [0.1, 0.15) is 6.61 Å². The van der Waals surface area contributed by atoms with E-state index >= 15 is 0 Å². The van der Waals surface area contributed by atoms with Crippen molar-refractivity contribution in [2.24, 2.45) is 0 Å². The average Bonchev–Trinajstić information content (AvgIpc) is 3.30. The van der Waals surface area contributed by atoms with Crippen LogP contribution in [-0.4, -0.2) is 47.8 Å². The van der Waals surface area contributed by atoms with Crippen molar-refractivity contribution in [3.63, 3.8) is 0 Å². The van der Waals surface area contributed by atoms with Gasteiger partial charge in [0, 0.05) is 12.5 Å². The van der Waals surface area contributed by atoms with Gasteiger partial charge < -0.3 is 19.4 Å². The number of nitrogens with one attached hydrogen (secondary N) is 1. The third kappa shape index (κ3) is 5.14. The van der Waals surface area contributed by atoms with Crippen molar-refractivity contribution < 1.29 is 18.8 Å². The first-order valence-electron chi connectivity index (χ1n) is 12.3. The highest BCUT2D eigenvalue weighted by Gasteiger charge is 2.52. The quantitative estimate of drug-likeness (QED) is 0.423. The van der Waals surface area contributed by atoms with Crippen molar-refractivity contribution in [3.05, 3.63) is 88.1 Å². The van der Waals surface area contributed by atoms with Crippen LogP contribution in [0, 0.1) is 0 Å². The van der Waals surface area contributed by atoms with Gasteiger partial charge in [-0.2, -0.15) is 0 Å². The van der Waals surface area contributed by atoms with Crippen LogP contribution in [0.5, 0.6) is 0 Å². The van der Waals surface area contributed by atoms with Gasteiger partial charge in [-0.1, -0.05) is 60.1 Å². The van der Waals surface area contributed by atoms with Crippen LogP contribution in [0.3, 0.4) is 0 Å². The van der Waals surface area contributed by atoms with Crippen LogP contribution in [-0.2, 0) is 14.0 Å². The summed E-state index contributed by atoms with van der Waals surface area (Å²) in [5.74, 6) is -0.0133. The Bertz CT molecular complexity index is 1280. The topological polar surface area (TPSA) is 82.6 Å². The molecule has 1 amide bonds. The zero-order chi connectivity index (χ0) is 26.2. The maximum atomic E-state index is 12.8. The Morgan fingerprint density at radius 2 is 1.57 bits per heavy atom. The highest BCUT2D eigenvalue weighted by Crippen LogP contribution is 2.44. The first kappa shape index (κ1) is 25.5. The minimum absolute atomic E-state index is 0.0133. The molecule has 1 aliphatic heterocycles. The summed E-state index contributed by atoms with van der Waals surface area (Å²) < 4.78 is 18.1. The van der Waals surface area contributed by atoms with Crippen LogP contribution in [0.4, 0.5) is 4.79 Å². The normalized spacial score (nSPS) is 17.9. The Morgan fingerprint density at radius 1 is 0.973 bits per heavy atom. The second kappa shape index (κ2) is 9.93. The van der Waals surface area contributed by atoms with Crippen LogP contribution >= 0.6 is 11.6 Å². The summed E-state index contributed by atoms with van der Waals surface area (Å²) in [6, 6.07) is 19.9. The third-order valence-electron chi connectivity index (χ3n) is 7.32. The van der Waals surface area contributed by atoms with E-state index in [0.717, 1.165) is 11.1 Å². The maximum Gasteiger partial charge on any atom is 0.492 e. The lowest BCUT2D eigenvalue weighted by Gasteiger charge is -2.32. The molecule has 1 fully saturated rings. The molecule has 0 unspecified atom stereocenters. The second-order valence-electron chi connectivity index (χ2n) is 10.3. The lowest BCUT2D eigenvalue weighted by molar-refractivity contribution is 0.00578. The molecule has 3 aromatic rings. The number of amides is 1. The molecule has 1 aliphatic carbocycles. The number of halogens is 1. The summed E-state index contributed by atoms with van der Waals surface area (Å²) in [5.41, 5.74) is 4.88. The molecule has 0 atom stereocenters. The summed E-state index contributed by atoms with van der Waals surface area (Å²) in [5, 5.41) is 11.2. The van der Waals surface area contributed by atoms with Crippen LogP contribution < -0.4 is 5.32 Å². The first-order chi connectivity index (χ1) is 17.6. The summed E-state index contributed by atoms with van der Waals surface area (Å²) in [7, 11) is -0.670. The summed E-state index contributed by atoms with van der Waals surface area (Å²) in [6.07, 6.45) is 1.27. The van der Waals surface area contributed by atoms with Crippen LogP contribution in [0.2, 0.25) is 5.15 Å². The molecule has 37 heavy (non-hydrogen) atoms. The van der Waals surface area contributed by atoms with Crippen molar-refractivity contribution in [3.8, 4) is 11.1 Å². The molecule has 1 saturated heterocycles. The van der Waals surface area contributed by atoms with Crippen LogP contribution in [0.25, 0.3) is 17.2 Å². The van der Waals surface area contributed by atoms with Crippen molar-refractivity contribution in [1.29, 1.82) is 0 Å².